The Hall–Kier alpha value is -2.24. The van der Waals surface area contributed by atoms with E-state index in [0.29, 0.717) is 37.7 Å². The Morgan fingerprint density at radius 3 is 2.50 bits per heavy atom. The molecule has 0 aliphatic carbocycles. The minimum Gasteiger partial charge on any atom is -0.485 e. The van der Waals surface area contributed by atoms with Crippen LogP contribution in [0.5, 0.6) is 11.5 Å². The SMILES string of the molecule is CC(=O)N1CCCN(C(=O)[C@H]2COc3ccccc3O2)CC1. The fourth-order valence-corrected chi connectivity index (χ4v) is 2.80. The van der Waals surface area contributed by atoms with Crippen LogP contribution in [0.2, 0.25) is 0 Å². The van der Waals surface area contributed by atoms with Gasteiger partial charge in [0.1, 0.15) is 6.61 Å². The van der Waals surface area contributed by atoms with Crippen LogP contribution >= 0.6 is 0 Å². The third-order valence-corrected chi connectivity index (χ3v) is 4.04. The zero-order valence-electron chi connectivity index (χ0n) is 12.7. The third-order valence-electron chi connectivity index (χ3n) is 4.04. The number of rotatable bonds is 1. The van der Waals surface area contributed by atoms with Crippen molar-refractivity contribution in [3.8, 4) is 11.5 Å². The first-order chi connectivity index (χ1) is 10.6. The lowest BCUT2D eigenvalue weighted by Gasteiger charge is -2.30. The minimum atomic E-state index is -0.612. The van der Waals surface area contributed by atoms with Crippen molar-refractivity contribution in [1.82, 2.24) is 9.80 Å². The molecular weight excluding hydrogens is 284 g/mol. The first kappa shape index (κ1) is 14.7. The number of hydrogen-bond acceptors (Lipinski definition) is 4. The van der Waals surface area contributed by atoms with Gasteiger partial charge in [-0.3, -0.25) is 9.59 Å². The lowest BCUT2D eigenvalue weighted by atomic mass is 10.2. The molecule has 2 heterocycles. The van der Waals surface area contributed by atoms with Gasteiger partial charge in [-0.2, -0.15) is 0 Å². The topological polar surface area (TPSA) is 59.1 Å². The highest BCUT2D eigenvalue weighted by molar-refractivity contribution is 5.82. The maximum absolute atomic E-state index is 12.6. The summed E-state index contributed by atoms with van der Waals surface area (Å²) in [6, 6.07) is 7.35. The average Bonchev–Trinajstić information content (AvgIpc) is 2.80. The van der Waals surface area contributed by atoms with Crippen molar-refractivity contribution in [3.63, 3.8) is 0 Å². The predicted molar refractivity (Wildman–Crippen MR) is 79.8 cm³/mol. The van der Waals surface area contributed by atoms with Gasteiger partial charge < -0.3 is 19.3 Å². The largest absolute Gasteiger partial charge is 0.485 e. The van der Waals surface area contributed by atoms with Gasteiger partial charge in [-0.05, 0) is 18.6 Å². The van der Waals surface area contributed by atoms with Gasteiger partial charge in [-0.25, -0.2) is 0 Å². The van der Waals surface area contributed by atoms with E-state index in [1.165, 1.54) is 0 Å². The molecule has 0 aromatic heterocycles. The van der Waals surface area contributed by atoms with Crippen LogP contribution in [0.15, 0.2) is 24.3 Å². The summed E-state index contributed by atoms with van der Waals surface area (Å²) in [6.45, 7) is 4.24. The second-order valence-electron chi connectivity index (χ2n) is 5.55. The van der Waals surface area contributed by atoms with Gasteiger partial charge in [0.25, 0.3) is 5.91 Å². The van der Waals surface area contributed by atoms with Gasteiger partial charge in [-0.1, -0.05) is 12.1 Å². The fraction of sp³-hybridized carbons (Fsp3) is 0.500. The van der Waals surface area contributed by atoms with Crippen LogP contribution in [0.1, 0.15) is 13.3 Å². The summed E-state index contributed by atoms with van der Waals surface area (Å²) in [7, 11) is 0. The highest BCUT2D eigenvalue weighted by atomic mass is 16.6. The van der Waals surface area contributed by atoms with E-state index < -0.39 is 6.10 Å². The fourth-order valence-electron chi connectivity index (χ4n) is 2.80. The second kappa shape index (κ2) is 6.25. The van der Waals surface area contributed by atoms with Crippen LogP contribution in [0.25, 0.3) is 0 Å². The number of carbonyl (C=O) groups excluding carboxylic acids is 2. The number of amides is 2. The summed E-state index contributed by atoms with van der Waals surface area (Å²) in [5, 5.41) is 0. The Kier molecular flexibility index (Phi) is 4.18. The van der Waals surface area contributed by atoms with Gasteiger partial charge in [-0.15, -0.1) is 0 Å². The van der Waals surface area contributed by atoms with Gasteiger partial charge in [0.2, 0.25) is 12.0 Å². The Morgan fingerprint density at radius 1 is 1.05 bits per heavy atom. The molecule has 1 saturated heterocycles. The summed E-state index contributed by atoms with van der Waals surface area (Å²) in [5.74, 6) is 1.26. The van der Waals surface area contributed by atoms with Crippen molar-refractivity contribution < 1.29 is 19.1 Å². The summed E-state index contributed by atoms with van der Waals surface area (Å²) in [5.41, 5.74) is 0. The van der Waals surface area contributed by atoms with Crippen molar-refractivity contribution in [2.24, 2.45) is 0 Å². The maximum atomic E-state index is 12.6. The smallest absolute Gasteiger partial charge is 0.267 e. The molecule has 2 amide bonds. The first-order valence-electron chi connectivity index (χ1n) is 7.58. The number of para-hydroxylation sites is 2. The van der Waals surface area contributed by atoms with Gasteiger partial charge >= 0.3 is 0 Å². The number of fused-ring (bicyclic) bond motifs is 1. The van der Waals surface area contributed by atoms with Gasteiger partial charge in [0.15, 0.2) is 11.5 Å². The van der Waals surface area contributed by atoms with Crippen LogP contribution in [0.4, 0.5) is 0 Å². The van der Waals surface area contributed by atoms with Crippen LogP contribution in [0, 0.1) is 0 Å². The van der Waals surface area contributed by atoms with E-state index in [4.69, 9.17) is 9.47 Å². The molecule has 0 unspecified atom stereocenters. The zero-order valence-corrected chi connectivity index (χ0v) is 12.7. The lowest BCUT2D eigenvalue weighted by molar-refractivity contribution is -0.141. The van der Waals surface area contributed by atoms with Gasteiger partial charge in [0.05, 0.1) is 0 Å². The Labute approximate surface area is 129 Å². The molecule has 0 spiro atoms. The number of nitrogens with zero attached hydrogens (tertiary/aromatic N) is 2. The normalized spacial score (nSPS) is 21.2. The molecule has 1 atom stereocenters. The number of carbonyl (C=O) groups is 2. The van der Waals surface area contributed by atoms with E-state index in [-0.39, 0.29) is 18.4 Å². The van der Waals surface area contributed by atoms with E-state index in [0.717, 1.165) is 6.42 Å². The molecule has 0 N–H and O–H groups in total. The maximum Gasteiger partial charge on any atom is 0.267 e. The highest BCUT2D eigenvalue weighted by Gasteiger charge is 2.32. The molecule has 3 rings (SSSR count). The highest BCUT2D eigenvalue weighted by Crippen LogP contribution is 2.31. The molecule has 22 heavy (non-hydrogen) atoms. The minimum absolute atomic E-state index is 0.0560. The third kappa shape index (κ3) is 3.00. The standard InChI is InChI=1S/C16H20N2O4/c1-12(19)17-7-4-8-18(10-9-17)16(20)15-11-21-13-5-2-3-6-14(13)22-15/h2-3,5-6,15H,4,7-11H2,1H3/t15-/m1/s1. The Bertz CT molecular complexity index is 575. The van der Waals surface area contributed by atoms with E-state index >= 15 is 0 Å². The van der Waals surface area contributed by atoms with Gasteiger partial charge in [0, 0.05) is 33.1 Å². The summed E-state index contributed by atoms with van der Waals surface area (Å²) in [4.78, 5) is 27.6. The molecule has 1 aromatic rings. The molecule has 1 aromatic carbocycles. The molecule has 2 aliphatic rings. The van der Waals surface area contributed by atoms with E-state index in [2.05, 4.69) is 0 Å². The van der Waals surface area contributed by atoms with Crippen molar-refractivity contribution in [3.05, 3.63) is 24.3 Å². The number of ether oxygens (including phenoxy) is 2. The molecule has 2 aliphatic heterocycles. The number of hydrogen-bond donors (Lipinski definition) is 0. The van der Waals surface area contributed by atoms with Crippen LogP contribution in [-0.4, -0.2) is 60.5 Å². The summed E-state index contributed by atoms with van der Waals surface area (Å²) < 4.78 is 11.4. The molecule has 118 valence electrons. The van der Waals surface area contributed by atoms with Crippen molar-refractivity contribution in [1.29, 1.82) is 0 Å². The summed E-state index contributed by atoms with van der Waals surface area (Å²) >= 11 is 0. The molecular formula is C16H20N2O4. The van der Waals surface area contributed by atoms with E-state index in [9.17, 15) is 9.59 Å². The molecule has 6 nitrogen and oxygen atoms in total. The molecule has 0 bridgehead atoms. The second-order valence-corrected chi connectivity index (χ2v) is 5.55. The van der Waals surface area contributed by atoms with E-state index in [1.807, 2.05) is 18.2 Å². The lowest BCUT2D eigenvalue weighted by Crippen LogP contribution is -2.47. The monoisotopic (exact) mass is 304 g/mol. The van der Waals surface area contributed by atoms with E-state index in [1.54, 1.807) is 22.8 Å². The predicted octanol–water partition coefficient (Wildman–Crippen LogP) is 0.907. The first-order valence-corrected chi connectivity index (χ1v) is 7.58. The van der Waals surface area contributed by atoms with Crippen LogP contribution in [0.3, 0.4) is 0 Å². The van der Waals surface area contributed by atoms with Crippen LogP contribution < -0.4 is 9.47 Å². The zero-order chi connectivity index (χ0) is 15.5. The van der Waals surface area contributed by atoms with Crippen LogP contribution in [-0.2, 0) is 9.59 Å². The average molecular weight is 304 g/mol. The molecule has 0 saturated carbocycles. The van der Waals surface area contributed by atoms with Crippen molar-refractivity contribution in [2.45, 2.75) is 19.4 Å². The Morgan fingerprint density at radius 2 is 1.73 bits per heavy atom. The summed E-state index contributed by atoms with van der Waals surface area (Å²) in [6.07, 6.45) is 0.175. The quantitative estimate of drug-likeness (QED) is 0.774. The Balaban J connectivity index is 1.64. The molecule has 1 fully saturated rings. The molecule has 0 radical (unpaired) electrons. The van der Waals surface area contributed by atoms with Crippen molar-refractivity contribution >= 4 is 11.8 Å². The molecule has 6 heteroatoms. The van der Waals surface area contributed by atoms with Crippen molar-refractivity contribution in [2.75, 3.05) is 32.8 Å². The number of benzene rings is 1.